The van der Waals surface area contributed by atoms with E-state index in [0.29, 0.717) is 5.56 Å². The van der Waals surface area contributed by atoms with Crippen LogP contribution in [0.5, 0.6) is 0 Å². The average molecular weight is 254 g/mol. The van der Waals surface area contributed by atoms with Crippen LogP contribution in [-0.2, 0) is 21.3 Å². The first-order chi connectivity index (χ1) is 8.06. The molecule has 0 fully saturated rings. The molecule has 17 heavy (non-hydrogen) atoms. The molecular formula is C11H11FN2O2S. The van der Waals surface area contributed by atoms with E-state index in [4.69, 9.17) is 5.26 Å². The highest BCUT2D eigenvalue weighted by molar-refractivity contribution is 7.84. The lowest BCUT2D eigenvalue weighted by atomic mass is 10.1. The number of nitriles is 1. The van der Waals surface area contributed by atoms with Crippen LogP contribution in [-0.4, -0.2) is 22.9 Å². The van der Waals surface area contributed by atoms with Gasteiger partial charge in [0.05, 0.1) is 17.4 Å². The summed E-state index contributed by atoms with van der Waals surface area (Å²) in [6.07, 6.45) is 0. The number of carbonyl (C=O) groups is 1. The smallest absolute Gasteiger partial charge is 0.232 e. The van der Waals surface area contributed by atoms with Gasteiger partial charge in [-0.25, -0.2) is 4.39 Å². The number of hydrogen-bond donors (Lipinski definition) is 1. The molecule has 0 radical (unpaired) electrons. The second-order valence-electron chi connectivity index (χ2n) is 3.31. The molecule has 1 aromatic rings. The van der Waals surface area contributed by atoms with Gasteiger partial charge in [-0.15, -0.1) is 0 Å². The number of benzene rings is 1. The maximum atomic E-state index is 13.0. The fourth-order valence-corrected chi connectivity index (χ4v) is 2.36. The van der Waals surface area contributed by atoms with Crippen LogP contribution in [0, 0.1) is 17.1 Å². The average Bonchev–Trinajstić information content (AvgIpc) is 2.29. The third-order valence-corrected chi connectivity index (χ3v) is 3.29. The molecule has 0 aromatic heterocycles. The number of rotatable bonds is 4. The summed E-state index contributed by atoms with van der Waals surface area (Å²) >= 11 is 0. The Labute approximate surface area is 101 Å². The van der Waals surface area contributed by atoms with Gasteiger partial charge in [0.2, 0.25) is 5.91 Å². The summed E-state index contributed by atoms with van der Waals surface area (Å²) in [6.45, 7) is 0. The molecule has 0 spiro atoms. The van der Waals surface area contributed by atoms with E-state index in [1.807, 2.05) is 6.07 Å². The van der Waals surface area contributed by atoms with Crippen molar-refractivity contribution in [3.63, 3.8) is 0 Å². The summed E-state index contributed by atoms with van der Waals surface area (Å²) < 4.78 is 24.6. The molecule has 0 heterocycles. The van der Waals surface area contributed by atoms with Crippen molar-refractivity contribution >= 4 is 16.7 Å². The predicted octanol–water partition coefficient (Wildman–Crippen LogP) is 0.692. The molecule has 4 nitrogen and oxygen atoms in total. The third-order valence-electron chi connectivity index (χ3n) is 2.08. The van der Waals surface area contributed by atoms with Gasteiger partial charge in [-0.05, 0) is 23.8 Å². The molecule has 0 aliphatic rings. The van der Waals surface area contributed by atoms with Gasteiger partial charge < -0.3 is 5.32 Å². The summed E-state index contributed by atoms with van der Waals surface area (Å²) in [4.78, 5) is 11.0. The Balaban J connectivity index is 2.81. The highest BCUT2D eigenvalue weighted by Crippen LogP contribution is 2.12. The lowest BCUT2D eigenvalue weighted by Crippen LogP contribution is -2.24. The van der Waals surface area contributed by atoms with Crippen molar-refractivity contribution in [3.05, 3.63) is 35.1 Å². The van der Waals surface area contributed by atoms with Crippen molar-refractivity contribution in [3.8, 4) is 6.07 Å². The van der Waals surface area contributed by atoms with Crippen LogP contribution < -0.4 is 5.32 Å². The molecule has 1 amide bonds. The number of nitrogens with zero attached hydrogens (tertiary/aromatic N) is 1. The second kappa shape index (κ2) is 6.11. The highest BCUT2D eigenvalue weighted by Gasteiger charge is 2.11. The minimum absolute atomic E-state index is 0.00588. The number of halogens is 1. The molecule has 90 valence electrons. The summed E-state index contributed by atoms with van der Waals surface area (Å²) in [5, 5.41) is 11.2. The number of nitrogens with one attached hydrogen (secondary N) is 1. The Kier molecular flexibility index (Phi) is 4.79. The minimum atomic E-state index is -1.45. The van der Waals surface area contributed by atoms with Gasteiger partial charge in [0.25, 0.3) is 0 Å². The van der Waals surface area contributed by atoms with E-state index in [9.17, 15) is 13.4 Å². The second-order valence-corrected chi connectivity index (χ2v) is 4.77. The van der Waals surface area contributed by atoms with Crippen LogP contribution in [0.25, 0.3) is 0 Å². The highest BCUT2D eigenvalue weighted by atomic mass is 32.2. The SMILES string of the molecule is CNC(=O)CS(=O)Cc1cc(F)ccc1C#N. The lowest BCUT2D eigenvalue weighted by molar-refractivity contribution is -0.118. The van der Waals surface area contributed by atoms with Gasteiger partial charge in [-0.2, -0.15) is 5.26 Å². The predicted molar refractivity (Wildman–Crippen MR) is 61.9 cm³/mol. The first kappa shape index (κ1) is 13.3. The number of hydrogen-bond acceptors (Lipinski definition) is 3. The standard InChI is InChI=1S/C11H11FN2O2S/c1-14-11(15)7-17(16)6-9-4-10(12)3-2-8(9)5-13/h2-4H,6-7H2,1H3,(H,14,15). The van der Waals surface area contributed by atoms with Crippen molar-refractivity contribution in [2.45, 2.75) is 5.75 Å². The molecule has 0 aliphatic carbocycles. The van der Waals surface area contributed by atoms with Gasteiger partial charge in [-0.3, -0.25) is 9.00 Å². The van der Waals surface area contributed by atoms with Crippen LogP contribution in [0.15, 0.2) is 18.2 Å². The van der Waals surface area contributed by atoms with Crippen molar-refractivity contribution in [2.75, 3.05) is 12.8 Å². The fraction of sp³-hybridized carbons (Fsp3) is 0.273. The lowest BCUT2D eigenvalue weighted by Gasteiger charge is -2.04. The Bertz CT molecular complexity index is 497. The van der Waals surface area contributed by atoms with Crippen molar-refractivity contribution in [1.82, 2.24) is 5.32 Å². The maximum Gasteiger partial charge on any atom is 0.232 e. The van der Waals surface area contributed by atoms with Crippen LogP contribution in [0.3, 0.4) is 0 Å². The molecule has 1 unspecified atom stereocenters. The first-order valence-electron chi connectivity index (χ1n) is 4.81. The van der Waals surface area contributed by atoms with E-state index in [-0.39, 0.29) is 23.0 Å². The topological polar surface area (TPSA) is 70.0 Å². The van der Waals surface area contributed by atoms with Crippen molar-refractivity contribution in [2.24, 2.45) is 0 Å². The Hall–Kier alpha value is -1.74. The quantitative estimate of drug-likeness (QED) is 0.859. The molecule has 0 aliphatic heterocycles. The largest absolute Gasteiger partial charge is 0.358 e. The molecule has 1 atom stereocenters. The Morgan fingerprint density at radius 1 is 1.59 bits per heavy atom. The van der Waals surface area contributed by atoms with E-state index in [1.54, 1.807) is 0 Å². The number of amides is 1. The first-order valence-corrected chi connectivity index (χ1v) is 6.29. The molecule has 1 rings (SSSR count). The van der Waals surface area contributed by atoms with Crippen molar-refractivity contribution < 1.29 is 13.4 Å². The normalized spacial score (nSPS) is 11.6. The zero-order valence-corrected chi connectivity index (χ0v) is 10.0. The molecule has 6 heteroatoms. The zero-order chi connectivity index (χ0) is 12.8. The van der Waals surface area contributed by atoms with Crippen LogP contribution in [0.4, 0.5) is 4.39 Å². The Morgan fingerprint density at radius 3 is 2.88 bits per heavy atom. The van der Waals surface area contributed by atoms with E-state index in [0.717, 1.165) is 0 Å². The molecule has 1 aromatic carbocycles. The zero-order valence-electron chi connectivity index (χ0n) is 9.20. The number of carbonyl (C=O) groups excluding carboxylic acids is 1. The van der Waals surface area contributed by atoms with Crippen LogP contribution in [0.1, 0.15) is 11.1 Å². The summed E-state index contributed by atoms with van der Waals surface area (Å²) in [5.74, 6) is -0.999. The van der Waals surface area contributed by atoms with Gasteiger partial charge in [0.1, 0.15) is 11.6 Å². The molecule has 0 saturated heterocycles. The fourth-order valence-electron chi connectivity index (χ4n) is 1.23. The summed E-state index contributed by atoms with van der Waals surface area (Å²) in [5.41, 5.74) is 0.631. The minimum Gasteiger partial charge on any atom is -0.358 e. The van der Waals surface area contributed by atoms with E-state index < -0.39 is 16.6 Å². The Morgan fingerprint density at radius 2 is 2.29 bits per heavy atom. The summed E-state index contributed by atoms with van der Waals surface area (Å²) in [7, 11) is -0.00409. The maximum absolute atomic E-state index is 13.0. The van der Waals surface area contributed by atoms with Crippen LogP contribution in [0.2, 0.25) is 0 Å². The monoisotopic (exact) mass is 254 g/mol. The van der Waals surface area contributed by atoms with E-state index in [2.05, 4.69) is 5.32 Å². The van der Waals surface area contributed by atoms with Crippen LogP contribution >= 0.6 is 0 Å². The molecular weight excluding hydrogens is 243 g/mol. The van der Waals surface area contributed by atoms with Gasteiger partial charge >= 0.3 is 0 Å². The molecule has 0 saturated carbocycles. The van der Waals surface area contributed by atoms with Gasteiger partial charge in [-0.1, -0.05) is 0 Å². The van der Waals surface area contributed by atoms with Gasteiger partial charge in [0.15, 0.2) is 0 Å². The van der Waals surface area contributed by atoms with E-state index >= 15 is 0 Å². The van der Waals surface area contributed by atoms with E-state index in [1.165, 1.54) is 25.2 Å². The third kappa shape index (κ3) is 3.96. The summed E-state index contributed by atoms with van der Waals surface area (Å²) in [6, 6.07) is 5.57. The molecule has 1 N–H and O–H groups in total. The van der Waals surface area contributed by atoms with Gasteiger partial charge in [0, 0.05) is 17.8 Å². The van der Waals surface area contributed by atoms with Crippen molar-refractivity contribution in [1.29, 1.82) is 5.26 Å². The molecule has 0 bridgehead atoms.